The molecule has 2 heterocycles. The van der Waals surface area contributed by atoms with Crippen molar-refractivity contribution in [3.8, 4) is 22.8 Å². The lowest BCUT2D eigenvalue weighted by Gasteiger charge is -2.24. The third-order valence-corrected chi connectivity index (χ3v) is 6.01. The Hall–Kier alpha value is -3.68. The Morgan fingerprint density at radius 1 is 1.09 bits per heavy atom. The molecule has 0 bridgehead atoms. The van der Waals surface area contributed by atoms with Gasteiger partial charge in [-0.25, -0.2) is 9.37 Å². The number of amides is 1. The van der Waals surface area contributed by atoms with Crippen LogP contribution in [-0.2, 0) is 11.3 Å². The van der Waals surface area contributed by atoms with Gasteiger partial charge < -0.3 is 19.1 Å². The standard InChI is InChI=1S/C27H22ClFN2O4/c1-33-9-8-31(27(32)18-5-3-7-22(29)12-18)15-20-10-19-13-24-25(35-16-34-24)14-23(19)30-26(20)17-4-2-6-21(28)11-17/h2-7,10-14H,8-9,15-16H2,1H3. The zero-order valence-corrected chi connectivity index (χ0v) is 19.7. The topological polar surface area (TPSA) is 60.9 Å². The Morgan fingerprint density at radius 2 is 1.89 bits per heavy atom. The summed E-state index contributed by atoms with van der Waals surface area (Å²) in [5.74, 6) is 0.514. The van der Waals surface area contributed by atoms with E-state index in [-0.39, 0.29) is 24.8 Å². The van der Waals surface area contributed by atoms with Gasteiger partial charge in [0.05, 0.1) is 17.8 Å². The second-order valence-electron chi connectivity index (χ2n) is 8.13. The molecule has 35 heavy (non-hydrogen) atoms. The highest BCUT2D eigenvalue weighted by Crippen LogP contribution is 2.37. The summed E-state index contributed by atoms with van der Waals surface area (Å²) in [7, 11) is 1.57. The van der Waals surface area contributed by atoms with E-state index in [0.717, 1.165) is 22.0 Å². The minimum atomic E-state index is -0.467. The smallest absolute Gasteiger partial charge is 0.254 e. The summed E-state index contributed by atoms with van der Waals surface area (Å²) in [5.41, 5.74) is 3.31. The number of fused-ring (bicyclic) bond motifs is 2. The third-order valence-electron chi connectivity index (χ3n) is 5.77. The lowest BCUT2D eigenvalue weighted by molar-refractivity contribution is 0.0680. The van der Waals surface area contributed by atoms with E-state index in [4.69, 9.17) is 30.8 Å². The molecule has 1 amide bonds. The minimum absolute atomic E-state index is 0.159. The van der Waals surface area contributed by atoms with Crippen molar-refractivity contribution in [3.63, 3.8) is 0 Å². The van der Waals surface area contributed by atoms with E-state index < -0.39 is 5.82 Å². The first-order valence-corrected chi connectivity index (χ1v) is 11.4. The van der Waals surface area contributed by atoms with Gasteiger partial charge >= 0.3 is 0 Å². The molecule has 0 saturated heterocycles. The van der Waals surface area contributed by atoms with Gasteiger partial charge in [-0.3, -0.25) is 4.79 Å². The number of carbonyl (C=O) groups excluding carboxylic acids is 1. The van der Waals surface area contributed by atoms with Crippen molar-refractivity contribution in [2.45, 2.75) is 6.54 Å². The minimum Gasteiger partial charge on any atom is -0.454 e. The number of carbonyl (C=O) groups is 1. The summed E-state index contributed by atoms with van der Waals surface area (Å²) >= 11 is 6.28. The van der Waals surface area contributed by atoms with E-state index in [1.807, 2.05) is 36.4 Å². The monoisotopic (exact) mass is 492 g/mol. The number of benzene rings is 3. The maximum Gasteiger partial charge on any atom is 0.254 e. The molecule has 0 aliphatic carbocycles. The van der Waals surface area contributed by atoms with Crippen LogP contribution in [0.4, 0.5) is 4.39 Å². The predicted molar refractivity (Wildman–Crippen MR) is 131 cm³/mol. The molecular formula is C27H22ClFN2O4. The first-order valence-electron chi connectivity index (χ1n) is 11.0. The molecule has 1 aromatic heterocycles. The number of hydrogen-bond acceptors (Lipinski definition) is 5. The largest absolute Gasteiger partial charge is 0.454 e. The molecule has 0 N–H and O–H groups in total. The van der Waals surface area contributed by atoms with Crippen LogP contribution >= 0.6 is 11.6 Å². The van der Waals surface area contributed by atoms with Crippen LogP contribution in [0.5, 0.6) is 11.5 Å². The Morgan fingerprint density at radius 3 is 2.66 bits per heavy atom. The molecule has 5 rings (SSSR count). The van der Waals surface area contributed by atoms with Gasteiger partial charge in [-0.05, 0) is 48.0 Å². The highest BCUT2D eigenvalue weighted by atomic mass is 35.5. The summed E-state index contributed by atoms with van der Waals surface area (Å²) in [5, 5.41) is 1.42. The summed E-state index contributed by atoms with van der Waals surface area (Å²) in [4.78, 5) is 19.9. The maximum atomic E-state index is 13.8. The maximum absolute atomic E-state index is 13.8. The Labute approximate surface area is 206 Å². The molecule has 0 radical (unpaired) electrons. The number of hydrogen-bond donors (Lipinski definition) is 0. The van der Waals surface area contributed by atoms with E-state index in [9.17, 15) is 9.18 Å². The molecule has 0 saturated carbocycles. The Bertz CT molecular complexity index is 1410. The van der Waals surface area contributed by atoms with Crippen molar-refractivity contribution in [3.05, 3.63) is 88.7 Å². The summed E-state index contributed by atoms with van der Waals surface area (Å²) in [6.07, 6.45) is 0. The van der Waals surface area contributed by atoms with Gasteiger partial charge in [-0.2, -0.15) is 0 Å². The SMILES string of the molecule is COCCN(Cc1cc2cc3c(cc2nc1-c1cccc(Cl)c1)OCO3)C(=O)c1cccc(F)c1. The average molecular weight is 493 g/mol. The van der Waals surface area contributed by atoms with E-state index in [1.165, 1.54) is 18.2 Å². The third kappa shape index (κ3) is 4.92. The molecule has 1 aliphatic rings. The molecular weight excluding hydrogens is 471 g/mol. The zero-order valence-electron chi connectivity index (χ0n) is 19.0. The second-order valence-corrected chi connectivity index (χ2v) is 8.57. The van der Waals surface area contributed by atoms with Gasteiger partial charge in [0.25, 0.3) is 5.91 Å². The Balaban J connectivity index is 1.61. The normalized spacial score (nSPS) is 12.2. The molecule has 1 aliphatic heterocycles. The van der Waals surface area contributed by atoms with Crippen molar-refractivity contribution in [1.82, 2.24) is 9.88 Å². The first kappa shape index (κ1) is 23.1. The van der Waals surface area contributed by atoms with Crippen molar-refractivity contribution in [1.29, 1.82) is 0 Å². The number of halogens is 2. The van der Waals surface area contributed by atoms with E-state index in [1.54, 1.807) is 24.1 Å². The van der Waals surface area contributed by atoms with Gasteiger partial charge in [0, 0.05) is 47.8 Å². The van der Waals surface area contributed by atoms with Gasteiger partial charge in [-0.1, -0.05) is 29.8 Å². The average Bonchev–Trinajstić information content (AvgIpc) is 3.31. The molecule has 6 nitrogen and oxygen atoms in total. The van der Waals surface area contributed by atoms with Gasteiger partial charge in [0.2, 0.25) is 6.79 Å². The summed E-state index contributed by atoms with van der Waals surface area (Å²) in [6, 6.07) is 18.8. The number of methoxy groups -OCH3 is 1. The van der Waals surface area contributed by atoms with Crippen molar-refractivity contribution < 1.29 is 23.4 Å². The van der Waals surface area contributed by atoms with Gasteiger partial charge in [0.1, 0.15) is 5.82 Å². The second kappa shape index (κ2) is 9.90. The van der Waals surface area contributed by atoms with Crippen LogP contribution in [-0.4, -0.2) is 42.8 Å². The Kier molecular flexibility index (Phi) is 6.53. The van der Waals surface area contributed by atoms with Crippen molar-refractivity contribution in [2.24, 2.45) is 0 Å². The number of nitrogens with zero attached hydrogens (tertiary/aromatic N) is 2. The molecule has 4 aromatic rings. The lowest BCUT2D eigenvalue weighted by atomic mass is 10.0. The number of aromatic nitrogens is 1. The molecule has 8 heteroatoms. The molecule has 178 valence electrons. The van der Waals surface area contributed by atoms with Crippen LogP contribution in [0.25, 0.3) is 22.2 Å². The highest BCUT2D eigenvalue weighted by Gasteiger charge is 2.21. The van der Waals surface area contributed by atoms with Crippen LogP contribution in [0, 0.1) is 5.82 Å². The number of rotatable bonds is 7. The fraction of sp³-hybridized carbons (Fsp3) is 0.185. The van der Waals surface area contributed by atoms with Crippen LogP contribution in [0.2, 0.25) is 5.02 Å². The van der Waals surface area contributed by atoms with E-state index >= 15 is 0 Å². The predicted octanol–water partition coefficient (Wildman–Crippen LogP) is 5.71. The number of pyridine rings is 1. The summed E-state index contributed by atoms with van der Waals surface area (Å²) in [6.45, 7) is 1.04. The van der Waals surface area contributed by atoms with E-state index in [2.05, 4.69) is 0 Å². The number of ether oxygens (including phenoxy) is 3. The van der Waals surface area contributed by atoms with Crippen molar-refractivity contribution in [2.75, 3.05) is 27.1 Å². The van der Waals surface area contributed by atoms with Crippen LogP contribution < -0.4 is 9.47 Å². The van der Waals surface area contributed by atoms with E-state index in [0.29, 0.717) is 35.4 Å². The van der Waals surface area contributed by atoms with Gasteiger partial charge in [-0.15, -0.1) is 0 Å². The van der Waals surface area contributed by atoms with Gasteiger partial charge in [0.15, 0.2) is 11.5 Å². The molecule has 0 spiro atoms. The summed E-state index contributed by atoms with van der Waals surface area (Å²) < 4.78 is 30.1. The molecule has 0 atom stereocenters. The zero-order chi connectivity index (χ0) is 24.4. The first-order chi connectivity index (χ1) is 17.0. The van der Waals surface area contributed by atoms with Crippen LogP contribution in [0.1, 0.15) is 15.9 Å². The lowest BCUT2D eigenvalue weighted by Crippen LogP contribution is -2.33. The highest BCUT2D eigenvalue weighted by molar-refractivity contribution is 6.30. The molecule has 3 aromatic carbocycles. The fourth-order valence-corrected chi connectivity index (χ4v) is 4.27. The quantitative estimate of drug-likeness (QED) is 0.330. The van der Waals surface area contributed by atoms with Crippen molar-refractivity contribution >= 4 is 28.4 Å². The fourth-order valence-electron chi connectivity index (χ4n) is 4.08. The molecule has 0 unspecified atom stereocenters. The molecule has 0 fully saturated rings. The van der Waals surface area contributed by atoms with Crippen LogP contribution in [0.15, 0.2) is 66.7 Å². The van der Waals surface area contributed by atoms with Crippen LogP contribution in [0.3, 0.4) is 0 Å².